The van der Waals surface area contributed by atoms with Crippen LogP contribution in [-0.4, -0.2) is 5.11 Å². The van der Waals surface area contributed by atoms with E-state index in [0.29, 0.717) is 5.56 Å². The number of hydrogen-bond donors (Lipinski definition) is 1. The van der Waals surface area contributed by atoms with Crippen molar-refractivity contribution in [2.45, 2.75) is 19.4 Å². The highest BCUT2D eigenvalue weighted by molar-refractivity contribution is 5.36. The molecule has 1 N–H and O–H groups in total. The van der Waals surface area contributed by atoms with Gasteiger partial charge in [-0.15, -0.1) is 0 Å². The van der Waals surface area contributed by atoms with Crippen LogP contribution < -0.4 is 0 Å². The zero-order valence-electron chi connectivity index (χ0n) is 9.94. The summed E-state index contributed by atoms with van der Waals surface area (Å²) in [4.78, 5) is 0. The number of aryl methyl sites for hydroxylation is 1. The van der Waals surface area contributed by atoms with Crippen LogP contribution in [0, 0.1) is 12.7 Å². The van der Waals surface area contributed by atoms with Crippen molar-refractivity contribution in [1.29, 1.82) is 0 Å². The van der Waals surface area contributed by atoms with Crippen LogP contribution >= 0.6 is 0 Å². The third-order valence-corrected chi connectivity index (χ3v) is 2.99. The van der Waals surface area contributed by atoms with Gasteiger partial charge in [0, 0.05) is 0 Å². The lowest BCUT2D eigenvalue weighted by molar-refractivity contribution is 0.102. The quantitative estimate of drug-likeness (QED) is 0.838. The van der Waals surface area contributed by atoms with Gasteiger partial charge in [0.05, 0.1) is 0 Å². The summed E-state index contributed by atoms with van der Waals surface area (Å²) >= 11 is 0. The van der Waals surface area contributed by atoms with Crippen molar-refractivity contribution in [3.63, 3.8) is 0 Å². The van der Waals surface area contributed by atoms with Gasteiger partial charge in [0.25, 0.3) is 0 Å². The van der Waals surface area contributed by atoms with Crippen molar-refractivity contribution in [3.8, 4) is 0 Å². The summed E-state index contributed by atoms with van der Waals surface area (Å²) in [6, 6.07) is 13.6. The van der Waals surface area contributed by atoms with E-state index < -0.39 is 5.60 Å². The van der Waals surface area contributed by atoms with Crippen LogP contribution in [0.3, 0.4) is 0 Å². The van der Waals surface area contributed by atoms with Gasteiger partial charge in [0.15, 0.2) is 0 Å². The molecule has 0 aliphatic heterocycles. The first-order chi connectivity index (χ1) is 8.00. The molecular weight excluding hydrogens is 215 g/mol. The zero-order chi connectivity index (χ0) is 12.5. The largest absolute Gasteiger partial charge is 0.381 e. The summed E-state index contributed by atoms with van der Waals surface area (Å²) in [5.41, 5.74) is 1.48. The fourth-order valence-corrected chi connectivity index (χ4v) is 1.89. The Hall–Kier alpha value is -1.67. The van der Waals surface area contributed by atoms with Crippen LogP contribution in [0.4, 0.5) is 4.39 Å². The third kappa shape index (κ3) is 2.37. The second-order valence-corrected chi connectivity index (χ2v) is 4.45. The van der Waals surface area contributed by atoms with E-state index in [9.17, 15) is 9.50 Å². The van der Waals surface area contributed by atoms with E-state index in [-0.39, 0.29) is 5.82 Å². The van der Waals surface area contributed by atoms with Gasteiger partial charge in [-0.1, -0.05) is 42.0 Å². The Kier molecular flexibility index (Phi) is 2.99. The summed E-state index contributed by atoms with van der Waals surface area (Å²) in [5, 5.41) is 10.6. The minimum atomic E-state index is -1.10. The van der Waals surface area contributed by atoms with Gasteiger partial charge in [-0.2, -0.15) is 0 Å². The van der Waals surface area contributed by atoms with Crippen LogP contribution in [0.2, 0.25) is 0 Å². The molecule has 0 saturated carbocycles. The van der Waals surface area contributed by atoms with Crippen LogP contribution in [0.1, 0.15) is 23.6 Å². The molecule has 88 valence electrons. The highest BCUT2D eigenvalue weighted by Gasteiger charge is 2.25. The zero-order valence-corrected chi connectivity index (χ0v) is 9.94. The Labute approximate surface area is 101 Å². The van der Waals surface area contributed by atoms with E-state index in [1.807, 2.05) is 31.2 Å². The summed E-state index contributed by atoms with van der Waals surface area (Å²) in [6.45, 7) is 3.69. The first-order valence-electron chi connectivity index (χ1n) is 5.56. The van der Waals surface area contributed by atoms with Crippen molar-refractivity contribution in [3.05, 3.63) is 71.0 Å². The number of rotatable bonds is 2. The molecule has 1 unspecified atom stereocenters. The van der Waals surface area contributed by atoms with Crippen LogP contribution in [0.15, 0.2) is 48.5 Å². The predicted molar refractivity (Wildman–Crippen MR) is 66.3 cm³/mol. The lowest BCUT2D eigenvalue weighted by Gasteiger charge is -2.24. The Balaban J connectivity index is 2.45. The summed E-state index contributed by atoms with van der Waals surface area (Å²) < 4.78 is 12.9. The molecule has 0 fully saturated rings. The number of benzene rings is 2. The fourth-order valence-electron chi connectivity index (χ4n) is 1.89. The molecule has 1 nitrogen and oxygen atoms in total. The first-order valence-corrected chi connectivity index (χ1v) is 5.56. The molecule has 0 aromatic heterocycles. The van der Waals surface area contributed by atoms with Crippen LogP contribution in [0.5, 0.6) is 0 Å². The Morgan fingerprint density at radius 3 is 2.24 bits per heavy atom. The van der Waals surface area contributed by atoms with E-state index in [1.54, 1.807) is 19.1 Å². The average molecular weight is 230 g/mol. The van der Waals surface area contributed by atoms with E-state index in [2.05, 4.69) is 0 Å². The molecule has 17 heavy (non-hydrogen) atoms. The molecule has 0 spiro atoms. The Bertz CT molecular complexity index is 515. The van der Waals surface area contributed by atoms with Crippen LogP contribution in [-0.2, 0) is 5.60 Å². The predicted octanol–water partition coefficient (Wildman–Crippen LogP) is 3.39. The maximum absolute atomic E-state index is 12.9. The number of halogens is 1. The topological polar surface area (TPSA) is 20.2 Å². The lowest BCUT2D eigenvalue weighted by Crippen LogP contribution is -2.22. The minimum Gasteiger partial charge on any atom is -0.381 e. The monoisotopic (exact) mass is 230 g/mol. The Morgan fingerprint density at radius 1 is 1.00 bits per heavy atom. The molecule has 0 radical (unpaired) electrons. The molecule has 2 rings (SSSR count). The SMILES string of the molecule is Cc1cccc(C(C)(O)c2ccc(F)cc2)c1. The first kappa shape index (κ1) is 11.8. The van der Waals surface area contributed by atoms with Gasteiger partial charge in [0.1, 0.15) is 11.4 Å². The Morgan fingerprint density at radius 2 is 1.65 bits per heavy atom. The van der Waals surface area contributed by atoms with Gasteiger partial charge in [0.2, 0.25) is 0 Å². The fraction of sp³-hybridized carbons (Fsp3) is 0.200. The maximum atomic E-state index is 12.9. The summed E-state index contributed by atoms with van der Waals surface area (Å²) in [5.74, 6) is -0.297. The van der Waals surface area contributed by atoms with E-state index in [0.717, 1.165) is 11.1 Å². The van der Waals surface area contributed by atoms with E-state index in [4.69, 9.17) is 0 Å². The molecule has 0 heterocycles. The van der Waals surface area contributed by atoms with Crippen molar-refractivity contribution in [2.75, 3.05) is 0 Å². The molecular formula is C15H15FO. The molecule has 1 atom stereocenters. The van der Waals surface area contributed by atoms with Crippen LogP contribution in [0.25, 0.3) is 0 Å². The smallest absolute Gasteiger partial charge is 0.123 e. The van der Waals surface area contributed by atoms with Crippen molar-refractivity contribution in [2.24, 2.45) is 0 Å². The molecule has 2 heteroatoms. The van der Waals surface area contributed by atoms with Gasteiger partial charge in [-0.25, -0.2) is 4.39 Å². The third-order valence-electron chi connectivity index (χ3n) is 2.99. The van der Waals surface area contributed by atoms with Gasteiger partial charge in [-0.05, 0) is 37.1 Å². The van der Waals surface area contributed by atoms with E-state index in [1.165, 1.54) is 12.1 Å². The van der Waals surface area contributed by atoms with E-state index >= 15 is 0 Å². The molecule has 2 aromatic carbocycles. The standard InChI is InChI=1S/C15H15FO/c1-11-4-3-5-13(10-11)15(2,17)12-6-8-14(16)9-7-12/h3-10,17H,1-2H3. The van der Waals surface area contributed by atoms with Crippen molar-refractivity contribution < 1.29 is 9.50 Å². The lowest BCUT2D eigenvalue weighted by atomic mass is 9.87. The highest BCUT2D eigenvalue weighted by Crippen LogP contribution is 2.29. The van der Waals surface area contributed by atoms with Gasteiger partial charge >= 0.3 is 0 Å². The second kappa shape index (κ2) is 4.30. The van der Waals surface area contributed by atoms with Gasteiger partial charge in [-0.3, -0.25) is 0 Å². The molecule has 0 bridgehead atoms. The highest BCUT2D eigenvalue weighted by atomic mass is 19.1. The van der Waals surface area contributed by atoms with Crippen molar-refractivity contribution in [1.82, 2.24) is 0 Å². The molecule has 2 aromatic rings. The maximum Gasteiger partial charge on any atom is 0.123 e. The normalized spacial score (nSPS) is 14.4. The second-order valence-electron chi connectivity index (χ2n) is 4.45. The average Bonchev–Trinajstić information content (AvgIpc) is 2.29. The molecule has 0 aliphatic carbocycles. The number of aliphatic hydroxyl groups is 1. The molecule has 0 amide bonds. The molecule has 0 aliphatic rings. The summed E-state index contributed by atoms with van der Waals surface area (Å²) in [7, 11) is 0. The minimum absolute atomic E-state index is 0.297. The van der Waals surface area contributed by atoms with Gasteiger partial charge < -0.3 is 5.11 Å². The summed E-state index contributed by atoms with van der Waals surface area (Å²) in [6.07, 6.45) is 0. The van der Waals surface area contributed by atoms with Crippen molar-refractivity contribution >= 4 is 0 Å². The number of hydrogen-bond acceptors (Lipinski definition) is 1. The molecule has 0 saturated heterocycles.